The van der Waals surface area contributed by atoms with Crippen molar-refractivity contribution in [2.75, 3.05) is 20.3 Å². The van der Waals surface area contributed by atoms with Gasteiger partial charge in [-0.3, -0.25) is 0 Å². The van der Waals surface area contributed by atoms with E-state index in [1.165, 1.54) is 6.07 Å². The summed E-state index contributed by atoms with van der Waals surface area (Å²) in [5, 5.41) is 3.76. The van der Waals surface area contributed by atoms with Crippen LogP contribution in [-0.2, 0) is 22.9 Å². The fraction of sp³-hybridized carbons (Fsp3) is 0.550. The van der Waals surface area contributed by atoms with Crippen molar-refractivity contribution in [2.24, 2.45) is 7.05 Å². The molecule has 1 aliphatic rings. The van der Waals surface area contributed by atoms with Gasteiger partial charge in [-0.05, 0) is 43.4 Å². The molecule has 3 atom stereocenters. The molecule has 0 bridgehead atoms. The first kappa shape index (κ1) is 19.0. The minimum Gasteiger partial charge on any atom is -0.385 e. The minimum atomic E-state index is -0.185. The van der Waals surface area contributed by atoms with Crippen molar-refractivity contribution in [3.05, 3.63) is 53.9 Å². The lowest BCUT2D eigenvalue weighted by atomic mass is 9.97. The number of hydrogen-bond donors (Lipinski definition) is 1. The molecule has 0 radical (unpaired) electrons. The molecule has 1 aromatic heterocycles. The minimum absolute atomic E-state index is 0.0611. The smallest absolute Gasteiger partial charge is 0.123 e. The first-order valence-corrected chi connectivity index (χ1v) is 9.23. The van der Waals surface area contributed by atoms with Crippen LogP contribution in [0.2, 0.25) is 0 Å². The largest absolute Gasteiger partial charge is 0.385 e. The van der Waals surface area contributed by atoms with Gasteiger partial charge in [0.25, 0.3) is 0 Å². The van der Waals surface area contributed by atoms with Gasteiger partial charge in [0, 0.05) is 39.5 Å². The maximum atomic E-state index is 13.5. The highest BCUT2D eigenvalue weighted by Crippen LogP contribution is 2.28. The molecule has 6 heteroatoms. The summed E-state index contributed by atoms with van der Waals surface area (Å²) in [6.07, 6.45) is 7.30. The molecule has 0 amide bonds. The Morgan fingerprint density at radius 3 is 3.08 bits per heavy atom. The predicted octanol–water partition coefficient (Wildman–Crippen LogP) is 3.02. The lowest BCUT2D eigenvalue weighted by molar-refractivity contribution is -0.00625. The van der Waals surface area contributed by atoms with E-state index in [0.717, 1.165) is 43.5 Å². The number of methoxy groups -OCH3 is 1. The molecule has 1 aromatic carbocycles. The summed E-state index contributed by atoms with van der Waals surface area (Å²) < 4.78 is 26.7. The summed E-state index contributed by atoms with van der Waals surface area (Å²) in [4.78, 5) is 4.20. The van der Waals surface area contributed by atoms with Gasteiger partial charge in [-0.15, -0.1) is 0 Å². The van der Waals surface area contributed by atoms with Gasteiger partial charge in [0.1, 0.15) is 11.9 Å². The number of aryl methyl sites for hydroxylation is 1. The van der Waals surface area contributed by atoms with E-state index < -0.39 is 0 Å². The van der Waals surface area contributed by atoms with Gasteiger partial charge in [-0.1, -0.05) is 12.1 Å². The molecule has 142 valence electrons. The zero-order valence-corrected chi connectivity index (χ0v) is 15.5. The Labute approximate surface area is 154 Å². The van der Waals surface area contributed by atoms with Gasteiger partial charge in [-0.25, -0.2) is 9.37 Å². The Hall–Kier alpha value is -1.76. The predicted molar refractivity (Wildman–Crippen MR) is 98.4 cm³/mol. The Morgan fingerprint density at radius 2 is 2.35 bits per heavy atom. The van der Waals surface area contributed by atoms with E-state index in [2.05, 4.69) is 10.3 Å². The highest BCUT2D eigenvalue weighted by atomic mass is 19.1. The average Bonchev–Trinajstić information content (AvgIpc) is 3.06. The third-order valence-electron chi connectivity index (χ3n) is 4.98. The van der Waals surface area contributed by atoms with Gasteiger partial charge in [0.2, 0.25) is 0 Å². The normalized spacial score (nSPS) is 21.7. The first-order valence-electron chi connectivity index (χ1n) is 9.23. The van der Waals surface area contributed by atoms with Crippen LogP contribution < -0.4 is 5.32 Å². The van der Waals surface area contributed by atoms with E-state index in [-0.39, 0.29) is 18.0 Å². The van der Waals surface area contributed by atoms with E-state index in [1.54, 1.807) is 25.6 Å². The summed E-state index contributed by atoms with van der Waals surface area (Å²) in [5.74, 6) is -0.185. The van der Waals surface area contributed by atoms with Crippen molar-refractivity contribution in [3.63, 3.8) is 0 Å². The molecule has 0 spiro atoms. The maximum absolute atomic E-state index is 13.5. The Bertz CT molecular complexity index is 691. The number of hydrogen-bond acceptors (Lipinski definition) is 4. The number of halogens is 1. The van der Waals surface area contributed by atoms with Crippen LogP contribution in [0.4, 0.5) is 4.39 Å². The van der Waals surface area contributed by atoms with Gasteiger partial charge >= 0.3 is 0 Å². The number of benzene rings is 1. The number of aromatic nitrogens is 2. The third kappa shape index (κ3) is 5.13. The van der Waals surface area contributed by atoms with E-state index >= 15 is 0 Å². The maximum Gasteiger partial charge on any atom is 0.123 e. The lowest BCUT2D eigenvalue weighted by Crippen LogP contribution is -2.44. The second-order valence-electron chi connectivity index (χ2n) is 6.99. The number of ether oxygens (including phenoxy) is 2. The number of rotatable bonds is 8. The molecule has 5 nitrogen and oxygen atoms in total. The van der Waals surface area contributed by atoms with Crippen LogP contribution in [0.1, 0.15) is 36.6 Å². The van der Waals surface area contributed by atoms with Crippen LogP contribution >= 0.6 is 0 Å². The first-order chi connectivity index (χ1) is 12.7. The molecule has 26 heavy (non-hydrogen) atoms. The van der Waals surface area contributed by atoms with E-state index in [9.17, 15) is 4.39 Å². The third-order valence-corrected chi connectivity index (χ3v) is 4.98. The highest BCUT2D eigenvalue weighted by Gasteiger charge is 2.27. The molecule has 3 rings (SSSR count). The summed E-state index contributed by atoms with van der Waals surface area (Å²) in [5.41, 5.74) is 2.11. The molecule has 2 heterocycles. The molecular formula is C20H28FN3O2. The van der Waals surface area contributed by atoms with Crippen LogP contribution in [0.3, 0.4) is 0 Å². The zero-order chi connectivity index (χ0) is 18.4. The van der Waals surface area contributed by atoms with Crippen molar-refractivity contribution < 1.29 is 13.9 Å². The van der Waals surface area contributed by atoms with Crippen molar-refractivity contribution in [3.8, 4) is 0 Å². The molecule has 1 fully saturated rings. The van der Waals surface area contributed by atoms with Crippen molar-refractivity contribution in [1.29, 1.82) is 0 Å². The van der Waals surface area contributed by atoms with E-state index in [1.807, 2.05) is 23.9 Å². The Morgan fingerprint density at radius 1 is 1.46 bits per heavy atom. The molecule has 1 aliphatic heterocycles. The van der Waals surface area contributed by atoms with E-state index in [0.29, 0.717) is 12.6 Å². The van der Waals surface area contributed by atoms with Gasteiger partial charge in [0.05, 0.1) is 18.2 Å². The lowest BCUT2D eigenvalue weighted by Gasteiger charge is -2.33. The van der Waals surface area contributed by atoms with Crippen LogP contribution in [0.5, 0.6) is 0 Å². The molecule has 1 saturated heterocycles. The van der Waals surface area contributed by atoms with Crippen molar-refractivity contribution in [2.45, 2.75) is 43.9 Å². The van der Waals surface area contributed by atoms with Crippen LogP contribution in [-0.4, -0.2) is 42.0 Å². The quantitative estimate of drug-likeness (QED) is 0.785. The summed E-state index contributed by atoms with van der Waals surface area (Å²) >= 11 is 0. The monoisotopic (exact) mass is 361 g/mol. The van der Waals surface area contributed by atoms with Gasteiger partial charge in [0.15, 0.2) is 0 Å². The molecule has 0 unspecified atom stereocenters. The zero-order valence-electron chi connectivity index (χ0n) is 15.5. The SMILES string of the molecule is COCC[C@H](Cc1cccc(F)c1)N[C@@H]1CCO[C@H](c2cncn2C)C1. The second kappa shape index (κ2) is 9.26. The average molecular weight is 361 g/mol. The summed E-state index contributed by atoms with van der Waals surface area (Å²) in [7, 11) is 3.71. The molecule has 2 aromatic rings. The van der Waals surface area contributed by atoms with E-state index in [4.69, 9.17) is 9.47 Å². The second-order valence-corrected chi connectivity index (χ2v) is 6.99. The standard InChI is InChI=1S/C20H28FN3O2/c1-24-14-22-13-19(24)20-12-18(7-9-26-20)23-17(6-8-25-2)11-15-4-3-5-16(21)10-15/h3-5,10,13-14,17-18,20,23H,6-9,11-12H2,1-2H3/t17-,18-,20+/m1/s1. The van der Waals surface area contributed by atoms with Crippen LogP contribution in [0.15, 0.2) is 36.8 Å². The fourth-order valence-corrected chi connectivity index (χ4v) is 3.62. The summed E-state index contributed by atoms with van der Waals surface area (Å²) in [6.45, 7) is 1.41. The van der Waals surface area contributed by atoms with Gasteiger partial charge in [-0.2, -0.15) is 0 Å². The van der Waals surface area contributed by atoms with Crippen LogP contribution in [0.25, 0.3) is 0 Å². The van der Waals surface area contributed by atoms with Gasteiger partial charge < -0.3 is 19.4 Å². The van der Waals surface area contributed by atoms with Crippen molar-refractivity contribution in [1.82, 2.24) is 14.9 Å². The highest BCUT2D eigenvalue weighted by molar-refractivity contribution is 5.17. The molecule has 1 N–H and O–H groups in total. The number of imidazole rings is 1. The molecule has 0 aliphatic carbocycles. The Balaban J connectivity index is 1.63. The molecular weight excluding hydrogens is 333 g/mol. The van der Waals surface area contributed by atoms with Crippen LogP contribution in [0, 0.1) is 5.82 Å². The molecule has 0 saturated carbocycles. The summed E-state index contributed by atoms with van der Waals surface area (Å²) in [6, 6.07) is 7.45. The fourth-order valence-electron chi connectivity index (χ4n) is 3.62. The Kier molecular flexibility index (Phi) is 6.77. The topological polar surface area (TPSA) is 48.3 Å². The number of nitrogens with zero attached hydrogens (tertiary/aromatic N) is 2. The van der Waals surface area contributed by atoms with Crippen molar-refractivity contribution >= 4 is 0 Å². The number of nitrogens with one attached hydrogen (secondary N) is 1.